The first kappa shape index (κ1) is 43.6. The summed E-state index contributed by atoms with van der Waals surface area (Å²) in [6, 6.07) is 0. The zero-order valence-corrected chi connectivity index (χ0v) is 22.4. The summed E-state index contributed by atoms with van der Waals surface area (Å²) in [5.74, 6) is -62.3. The lowest BCUT2D eigenvalue weighted by atomic mass is 9.88. The van der Waals surface area contributed by atoms with Gasteiger partial charge < -0.3 is 9.04 Å². The Morgan fingerprint density at radius 3 is 0.930 bits per heavy atom. The average Bonchev–Trinajstić information content (AvgIpc) is 2.83. The molecule has 0 heterocycles. The quantitative estimate of drug-likeness (QED) is 0.114. The molecule has 25 heteroatoms. The summed E-state index contributed by atoms with van der Waals surface area (Å²) >= 11 is 0. The molecular weight excluding hydrogens is 690 g/mol. The van der Waals surface area contributed by atoms with E-state index in [1.807, 2.05) is 0 Å². The highest BCUT2D eigenvalue weighted by molar-refractivity contribution is 7.86. The molecule has 1 atom stereocenters. The van der Waals surface area contributed by atoms with Gasteiger partial charge in [0.05, 0.1) is 26.2 Å². The maximum Gasteiger partial charge on any atom is 0.425 e. The molecule has 0 aliphatic carbocycles. The van der Waals surface area contributed by atoms with E-state index < -0.39 is 69.2 Å². The Balaban J connectivity index is 0. The molecule has 0 aromatic heterocycles. The fourth-order valence-corrected chi connectivity index (χ4v) is 3.49. The minimum Gasteiger partial charge on any atom is -0.743 e. The van der Waals surface area contributed by atoms with Gasteiger partial charge in [0.2, 0.25) is 0 Å². The molecule has 0 aliphatic rings. The summed E-state index contributed by atoms with van der Waals surface area (Å²) < 4.78 is 288. The highest BCUT2D eigenvalue weighted by atomic mass is 32.2. The topological polar surface area (TPSA) is 57.2 Å². The van der Waals surface area contributed by atoms with Crippen LogP contribution in [-0.2, 0) is 10.1 Å². The summed E-state index contributed by atoms with van der Waals surface area (Å²) in [4.78, 5) is 0. The number of quaternary nitrogens is 1. The van der Waals surface area contributed by atoms with E-state index in [0.29, 0.717) is 0 Å². The Bertz CT molecular complexity index is 1020. The van der Waals surface area contributed by atoms with E-state index in [4.69, 9.17) is 0 Å². The van der Waals surface area contributed by atoms with Crippen molar-refractivity contribution in [3.05, 3.63) is 0 Å². The molecular formula is C18H21F20NO3S. The summed E-state index contributed by atoms with van der Waals surface area (Å²) in [5.41, 5.74) is 0. The van der Waals surface area contributed by atoms with Gasteiger partial charge >= 0.3 is 52.9 Å². The minimum atomic E-state index is -9.21. The fraction of sp³-hybridized carbons (Fsp3) is 1.00. The van der Waals surface area contributed by atoms with E-state index in [0.717, 1.165) is 0 Å². The Labute approximate surface area is 229 Å². The maximum atomic E-state index is 13.3. The fourth-order valence-electron chi connectivity index (χ4n) is 3.04. The second-order valence-corrected chi connectivity index (χ2v) is 9.97. The third-order valence-electron chi connectivity index (χ3n) is 6.36. The molecule has 0 aromatic rings. The molecule has 4 nitrogen and oxygen atoms in total. The van der Waals surface area contributed by atoms with Crippen molar-refractivity contribution in [3.8, 4) is 0 Å². The van der Waals surface area contributed by atoms with Gasteiger partial charge in [-0.15, -0.1) is 0 Å². The van der Waals surface area contributed by atoms with Crippen LogP contribution in [0.1, 0.15) is 27.7 Å². The van der Waals surface area contributed by atoms with Crippen molar-refractivity contribution < 1.29 is 105 Å². The molecule has 0 spiro atoms. The molecule has 0 amide bonds. The zero-order valence-electron chi connectivity index (χ0n) is 21.5. The molecule has 0 bridgehead atoms. The van der Waals surface area contributed by atoms with Gasteiger partial charge in [-0.2, -0.15) is 83.4 Å². The molecule has 0 aliphatic heterocycles. The molecule has 43 heavy (non-hydrogen) atoms. The van der Waals surface area contributed by atoms with Crippen molar-refractivity contribution in [1.82, 2.24) is 0 Å². The van der Waals surface area contributed by atoms with E-state index >= 15 is 0 Å². The smallest absolute Gasteiger partial charge is 0.425 e. The summed E-state index contributed by atoms with van der Waals surface area (Å²) in [6.45, 7) is 14.2. The number of hydrogen-bond donors (Lipinski definition) is 0. The number of hydrogen-bond acceptors (Lipinski definition) is 3. The van der Waals surface area contributed by atoms with E-state index in [1.165, 1.54) is 30.7 Å². The second-order valence-electron chi connectivity index (χ2n) is 8.55. The number of nitrogens with zero attached hydrogens (tertiary/aromatic N) is 1. The van der Waals surface area contributed by atoms with Crippen LogP contribution in [0.15, 0.2) is 0 Å². The van der Waals surface area contributed by atoms with Crippen molar-refractivity contribution in [2.75, 3.05) is 26.2 Å². The molecule has 262 valence electrons. The lowest BCUT2D eigenvalue weighted by Crippen LogP contribution is -2.76. The van der Waals surface area contributed by atoms with Crippen LogP contribution in [0.5, 0.6) is 0 Å². The molecule has 0 aromatic carbocycles. The minimum absolute atomic E-state index is 1.28. The van der Waals surface area contributed by atoms with Gasteiger partial charge in [-0.3, -0.25) is 0 Å². The van der Waals surface area contributed by atoms with E-state index in [9.17, 15) is 101 Å². The Hall–Kier alpha value is -1.53. The van der Waals surface area contributed by atoms with Gasteiger partial charge in [0.25, 0.3) is 6.17 Å². The van der Waals surface area contributed by atoms with Gasteiger partial charge in [-0.25, -0.2) is 12.8 Å². The van der Waals surface area contributed by atoms with Gasteiger partial charge in [-0.1, -0.05) is 0 Å². The molecule has 0 rings (SSSR count). The lowest BCUT2D eigenvalue weighted by molar-refractivity contribution is -0.921. The van der Waals surface area contributed by atoms with E-state index in [2.05, 4.69) is 27.7 Å². The Kier molecular flexibility index (Phi) is 12.5. The summed E-state index contributed by atoms with van der Waals surface area (Å²) in [6.07, 6.45) is -14.0. The largest absolute Gasteiger partial charge is 0.743 e. The SMILES string of the molecule is CC[N+](CC)(CC)CC.O=S(=O)([O-])C(F)(F)C(F)(F)C(F)(F)C(F)(F)C(F)(F)C(F)(F)C(F)(F)C(F)(F)C(F)C(F)(F)F. The first-order valence-corrected chi connectivity index (χ1v) is 12.3. The highest BCUT2D eigenvalue weighted by Gasteiger charge is 2.96. The number of rotatable bonds is 13. The molecule has 0 fully saturated rings. The predicted molar refractivity (Wildman–Crippen MR) is 103 cm³/mol. The average molecular weight is 711 g/mol. The van der Waals surface area contributed by atoms with Crippen LogP contribution in [0.4, 0.5) is 87.8 Å². The van der Waals surface area contributed by atoms with Crippen LogP contribution in [-0.4, -0.2) is 103 Å². The number of alkyl halides is 20. The van der Waals surface area contributed by atoms with Crippen LogP contribution >= 0.6 is 0 Å². The van der Waals surface area contributed by atoms with Gasteiger partial charge in [0.15, 0.2) is 10.1 Å². The van der Waals surface area contributed by atoms with Crippen molar-refractivity contribution in [2.24, 2.45) is 0 Å². The van der Waals surface area contributed by atoms with Crippen LogP contribution < -0.4 is 0 Å². The van der Waals surface area contributed by atoms with Crippen LogP contribution in [0, 0.1) is 0 Å². The van der Waals surface area contributed by atoms with Gasteiger partial charge in [-0.05, 0) is 27.7 Å². The third kappa shape index (κ3) is 6.71. The maximum absolute atomic E-state index is 13.3. The summed E-state index contributed by atoms with van der Waals surface area (Å²) in [5, 5.41) is -8.11. The first-order chi connectivity index (χ1) is 18.4. The summed E-state index contributed by atoms with van der Waals surface area (Å²) in [7, 11) is -8.29. The lowest BCUT2D eigenvalue weighted by Gasteiger charge is -2.44. The van der Waals surface area contributed by atoms with E-state index in [-0.39, 0.29) is 0 Å². The standard InChI is InChI=1S/C10H2F20O3S.C8H20N/c11-1(3(14,15)16)2(12,13)4(17,18)5(19,20)6(21,22)7(23,24)8(25,26)9(27,28)10(29,30)34(31,32)33;1-5-9(6-2,7-3)8-4/h1H,(H,31,32,33);5-8H2,1-4H3/q;+1/p-1. The first-order valence-electron chi connectivity index (χ1n) is 10.9. The Morgan fingerprint density at radius 1 is 0.512 bits per heavy atom. The zero-order chi connectivity index (χ0) is 35.9. The van der Waals surface area contributed by atoms with Crippen LogP contribution in [0.25, 0.3) is 0 Å². The van der Waals surface area contributed by atoms with Crippen molar-refractivity contribution in [3.63, 3.8) is 0 Å². The molecule has 1 unspecified atom stereocenters. The molecule has 0 saturated heterocycles. The van der Waals surface area contributed by atoms with Gasteiger partial charge in [0.1, 0.15) is 0 Å². The van der Waals surface area contributed by atoms with Crippen molar-refractivity contribution >= 4 is 10.1 Å². The van der Waals surface area contributed by atoms with Crippen molar-refractivity contribution in [2.45, 2.75) is 86.8 Å². The highest BCUT2D eigenvalue weighted by Crippen LogP contribution is 2.65. The van der Waals surface area contributed by atoms with Crippen LogP contribution in [0.2, 0.25) is 0 Å². The Morgan fingerprint density at radius 2 is 0.744 bits per heavy atom. The second kappa shape index (κ2) is 12.3. The molecule has 0 saturated carbocycles. The normalized spacial score (nSPS) is 16.5. The van der Waals surface area contributed by atoms with E-state index in [1.54, 1.807) is 0 Å². The molecule has 0 radical (unpaired) electrons. The van der Waals surface area contributed by atoms with Crippen molar-refractivity contribution in [1.29, 1.82) is 0 Å². The predicted octanol–water partition coefficient (Wildman–Crippen LogP) is 7.35. The molecule has 0 N–H and O–H groups in total. The number of halogens is 20. The third-order valence-corrected chi connectivity index (χ3v) is 7.24. The monoisotopic (exact) mass is 711 g/mol. The van der Waals surface area contributed by atoms with Crippen LogP contribution in [0.3, 0.4) is 0 Å². The van der Waals surface area contributed by atoms with Gasteiger partial charge in [0, 0.05) is 0 Å².